The predicted molar refractivity (Wildman–Crippen MR) is 58.8 cm³/mol. The molecule has 76 valence electrons. The first kappa shape index (κ1) is 10.9. The van der Waals surface area contributed by atoms with Crippen molar-refractivity contribution in [3.05, 3.63) is 0 Å². The van der Waals surface area contributed by atoms with Crippen LogP contribution in [0.1, 0.15) is 39.0 Å². The molecule has 3 heteroatoms. The molecule has 1 aliphatic carbocycles. The molecular formula is C10H19NOS. The second-order valence-electron chi connectivity index (χ2n) is 3.84. The van der Waals surface area contributed by atoms with E-state index in [1.165, 1.54) is 32.1 Å². The SMILES string of the molecule is CCC1CCCC(OCC(N)=S)C1. The largest absolute Gasteiger partial charge is 0.391 e. The van der Waals surface area contributed by atoms with Crippen molar-refractivity contribution in [2.24, 2.45) is 11.7 Å². The molecule has 0 aromatic rings. The maximum absolute atomic E-state index is 5.61. The average Bonchev–Trinajstić information content (AvgIpc) is 2.15. The summed E-state index contributed by atoms with van der Waals surface area (Å²) in [6.07, 6.45) is 6.70. The van der Waals surface area contributed by atoms with Crippen LogP contribution in [0.2, 0.25) is 0 Å². The Morgan fingerprint density at radius 1 is 1.54 bits per heavy atom. The smallest absolute Gasteiger partial charge is 0.0989 e. The third-order valence-electron chi connectivity index (χ3n) is 2.77. The summed E-state index contributed by atoms with van der Waals surface area (Å²) in [6, 6.07) is 0. The van der Waals surface area contributed by atoms with Crippen molar-refractivity contribution in [3.8, 4) is 0 Å². The van der Waals surface area contributed by atoms with E-state index in [0.29, 0.717) is 17.7 Å². The summed E-state index contributed by atoms with van der Waals surface area (Å²) in [7, 11) is 0. The molecule has 0 radical (unpaired) electrons. The predicted octanol–water partition coefficient (Wildman–Crippen LogP) is 2.26. The highest BCUT2D eigenvalue weighted by atomic mass is 32.1. The fourth-order valence-corrected chi connectivity index (χ4v) is 2.03. The minimum absolute atomic E-state index is 0.403. The van der Waals surface area contributed by atoms with Crippen molar-refractivity contribution in [1.29, 1.82) is 0 Å². The summed E-state index contributed by atoms with van der Waals surface area (Å²) < 4.78 is 5.61. The standard InChI is InChI=1S/C10H19NOS/c1-2-8-4-3-5-9(6-8)12-7-10(11)13/h8-9H,2-7H2,1H3,(H2,11,13). The lowest BCUT2D eigenvalue weighted by Gasteiger charge is -2.28. The molecular weight excluding hydrogens is 182 g/mol. The van der Waals surface area contributed by atoms with Gasteiger partial charge < -0.3 is 10.5 Å². The van der Waals surface area contributed by atoms with Gasteiger partial charge in [0.15, 0.2) is 0 Å². The van der Waals surface area contributed by atoms with Crippen LogP contribution in [-0.2, 0) is 4.74 Å². The van der Waals surface area contributed by atoms with Crippen molar-refractivity contribution in [2.45, 2.75) is 45.1 Å². The minimum atomic E-state index is 0.403. The number of thiocarbonyl (C=S) groups is 1. The van der Waals surface area contributed by atoms with Gasteiger partial charge >= 0.3 is 0 Å². The molecule has 0 aromatic heterocycles. The van der Waals surface area contributed by atoms with Crippen molar-refractivity contribution >= 4 is 17.2 Å². The Hall–Kier alpha value is -0.150. The van der Waals surface area contributed by atoms with Gasteiger partial charge in [0.1, 0.15) is 0 Å². The molecule has 0 aliphatic heterocycles. The van der Waals surface area contributed by atoms with Gasteiger partial charge in [-0.05, 0) is 18.8 Å². The quantitative estimate of drug-likeness (QED) is 0.709. The van der Waals surface area contributed by atoms with Crippen LogP contribution in [0.5, 0.6) is 0 Å². The van der Waals surface area contributed by atoms with E-state index in [0.717, 1.165) is 5.92 Å². The summed E-state index contributed by atoms with van der Waals surface area (Å²) in [5.74, 6) is 0.852. The molecule has 2 unspecified atom stereocenters. The van der Waals surface area contributed by atoms with Crippen LogP contribution in [0.4, 0.5) is 0 Å². The molecule has 0 spiro atoms. The number of hydrogen-bond donors (Lipinski definition) is 1. The molecule has 13 heavy (non-hydrogen) atoms. The molecule has 0 amide bonds. The first-order valence-electron chi connectivity index (χ1n) is 5.12. The zero-order chi connectivity index (χ0) is 9.68. The Morgan fingerprint density at radius 3 is 2.92 bits per heavy atom. The second-order valence-corrected chi connectivity index (χ2v) is 4.36. The van der Waals surface area contributed by atoms with Gasteiger partial charge in [-0.2, -0.15) is 0 Å². The Labute approximate surface area is 85.8 Å². The van der Waals surface area contributed by atoms with E-state index in [9.17, 15) is 0 Å². The Kier molecular flexibility index (Phi) is 4.67. The molecule has 0 heterocycles. The highest BCUT2D eigenvalue weighted by Gasteiger charge is 2.20. The molecule has 0 saturated heterocycles. The van der Waals surface area contributed by atoms with Gasteiger partial charge in [-0.3, -0.25) is 0 Å². The van der Waals surface area contributed by atoms with Gasteiger partial charge in [-0.15, -0.1) is 0 Å². The number of rotatable bonds is 4. The van der Waals surface area contributed by atoms with E-state index in [1.807, 2.05) is 0 Å². The van der Waals surface area contributed by atoms with Crippen LogP contribution in [-0.4, -0.2) is 17.7 Å². The molecule has 1 aliphatic rings. The highest BCUT2D eigenvalue weighted by Crippen LogP contribution is 2.28. The fraction of sp³-hybridized carbons (Fsp3) is 0.900. The lowest BCUT2D eigenvalue weighted by Crippen LogP contribution is -2.26. The molecule has 1 fully saturated rings. The van der Waals surface area contributed by atoms with Crippen molar-refractivity contribution < 1.29 is 4.74 Å². The van der Waals surface area contributed by atoms with E-state index < -0.39 is 0 Å². The summed E-state index contributed by atoms with van der Waals surface area (Å²) in [5.41, 5.74) is 5.38. The van der Waals surface area contributed by atoms with E-state index in [-0.39, 0.29) is 0 Å². The molecule has 2 nitrogen and oxygen atoms in total. The Morgan fingerprint density at radius 2 is 2.31 bits per heavy atom. The average molecular weight is 201 g/mol. The third kappa shape index (κ3) is 4.05. The first-order chi connectivity index (χ1) is 6.22. The van der Waals surface area contributed by atoms with Gasteiger partial charge in [0.25, 0.3) is 0 Å². The molecule has 0 bridgehead atoms. The van der Waals surface area contributed by atoms with E-state index in [1.54, 1.807) is 0 Å². The lowest BCUT2D eigenvalue weighted by atomic mass is 9.85. The van der Waals surface area contributed by atoms with Gasteiger partial charge in [0, 0.05) is 0 Å². The highest BCUT2D eigenvalue weighted by molar-refractivity contribution is 7.80. The van der Waals surface area contributed by atoms with Gasteiger partial charge in [0.2, 0.25) is 0 Å². The van der Waals surface area contributed by atoms with E-state index in [2.05, 4.69) is 6.92 Å². The fourth-order valence-electron chi connectivity index (χ4n) is 1.96. The van der Waals surface area contributed by atoms with E-state index in [4.69, 9.17) is 22.7 Å². The van der Waals surface area contributed by atoms with Gasteiger partial charge in [0.05, 0.1) is 17.7 Å². The summed E-state index contributed by atoms with van der Waals surface area (Å²) in [5, 5.41) is 0. The topological polar surface area (TPSA) is 35.2 Å². The third-order valence-corrected chi connectivity index (χ3v) is 2.89. The second kappa shape index (κ2) is 5.55. The summed E-state index contributed by atoms with van der Waals surface area (Å²) >= 11 is 4.77. The number of nitrogens with two attached hydrogens (primary N) is 1. The number of ether oxygens (including phenoxy) is 1. The van der Waals surface area contributed by atoms with Gasteiger partial charge in [-0.1, -0.05) is 38.4 Å². The van der Waals surface area contributed by atoms with Crippen molar-refractivity contribution in [1.82, 2.24) is 0 Å². The first-order valence-corrected chi connectivity index (χ1v) is 5.53. The monoisotopic (exact) mass is 201 g/mol. The Bertz CT molecular complexity index is 172. The van der Waals surface area contributed by atoms with Crippen LogP contribution >= 0.6 is 12.2 Å². The molecule has 2 atom stereocenters. The number of hydrogen-bond acceptors (Lipinski definition) is 2. The maximum Gasteiger partial charge on any atom is 0.0989 e. The van der Waals surface area contributed by atoms with Gasteiger partial charge in [-0.25, -0.2) is 0 Å². The van der Waals surface area contributed by atoms with Crippen LogP contribution in [0.25, 0.3) is 0 Å². The maximum atomic E-state index is 5.61. The molecule has 0 aromatic carbocycles. The Balaban J connectivity index is 2.21. The molecule has 1 saturated carbocycles. The van der Waals surface area contributed by atoms with Crippen molar-refractivity contribution in [2.75, 3.05) is 6.61 Å². The minimum Gasteiger partial charge on any atom is -0.391 e. The summed E-state index contributed by atoms with van der Waals surface area (Å²) in [6.45, 7) is 2.71. The van der Waals surface area contributed by atoms with Crippen LogP contribution in [0, 0.1) is 5.92 Å². The summed E-state index contributed by atoms with van der Waals surface area (Å²) in [4.78, 5) is 0.471. The molecule has 1 rings (SSSR count). The van der Waals surface area contributed by atoms with Crippen molar-refractivity contribution in [3.63, 3.8) is 0 Å². The van der Waals surface area contributed by atoms with Crippen LogP contribution in [0.15, 0.2) is 0 Å². The van der Waals surface area contributed by atoms with Crippen LogP contribution in [0.3, 0.4) is 0 Å². The van der Waals surface area contributed by atoms with Crippen LogP contribution < -0.4 is 5.73 Å². The lowest BCUT2D eigenvalue weighted by molar-refractivity contribution is 0.0345. The normalized spacial score (nSPS) is 28.7. The zero-order valence-corrected chi connectivity index (χ0v) is 9.11. The van der Waals surface area contributed by atoms with E-state index >= 15 is 0 Å². The zero-order valence-electron chi connectivity index (χ0n) is 8.29. The molecule has 2 N–H and O–H groups in total.